The maximum atomic E-state index is 13.0. The molecule has 2 aromatic carbocycles. The number of nitrogens with one attached hydrogen (secondary N) is 1. The van der Waals surface area contributed by atoms with Gasteiger partial charge in [0, 0.05) is 12.0 Å². The van der Waals surface area contributed by atoms with Gasteiger partial charge in [0.1, 0.15) is 22.0 Å². The van der Waals surface area contributed by atoms with Crippen LogP contribution >= 0.6 is 0 Å². The molecule has 6 heteroatoms. The molecule has 1 unspecified atom stereocenters. The van der Waals surface area contributed by atoms with E-state index in [1.54, 1.807) is 12.1 Å². The molecule has 1 heterocycles. The minimum absolute atomic E-state index is 0.150. The van der Waals surface area contributed by atoms with Gasteiger partial charge in [-0.2, -0.15) is 0 Å². The first-order valence-corrected chi connectivity index (χ1v) is 9.65. The Kier molecular flexibility index (Phi) is 4.51. The number of hydrogen-bond acceptors (Lipinski definition) is 4. The molecular formula is C19H23NO4S. The third-order valence-corrected chi connectivity index (χ3v) is 5.78. The van der Waals surface area contributed by atoms with E-state index in [-0.39, 0.29) is 10.9 Å². The maximum absolute atomic E-state index is 13.0. The van der Waals surface area contributed by atoms with Crippen molar-refractivity contribution in [1.82, 2.24) is 4.72 Å². The molecule has 1 atom stereocenters. The fourth-order valence-corrected chi connectivity index (χ4v) is 4.62. The van der Waals surface area contributed by atoms with Crippen LogP contribution in [0.25, 0.3) is 0 Å². The van der Waals surface area contributed by atoms with Crippen LogP contribution in [0.2, 0.25) is 0 Å². The fourth-order valence-electron chi connectivity index (χ4n) is 3.15. The molecule has 0 bridgehead atoms. The minimum atomic E-state index is -3.75. The van der Waals surface area contributed by atoms with E-state index in [1.165, 1.54) is 7.11 Å². The molecule has 0 aliphatic carbocycles. The first kappa shape index (κ1) is 17.8. The summed E-state index contributed by atoms with van der Waals surface area (Å²) in [5, 5.41) is 0. The number of ether oxygens (including phenoxy) is 2. The lowest BCUT2D eigenvalue weighted by atomic mass is 9.90. The zero-order valence-corrected chi connectivity index (χ0v) is 15.7. The van der Waals surface area contributed by atoms with E-state index in [4.69, 9.17) is 9.47 Å². The summed E-state index contributed by atoms with van der Waals surface area (Å²) in [7, 11) is -2.28. The van der Waals surface area contributed by atoms with Crippen LogP contribution in [0.15, 0.2) is 47.4 Å². The Hall–Kier alpha value is -2.05. The van der Waals surface area contributed by atoms with Crippen LogP contribution in [0.3, 0.4) is 0 Å². The van der Waals surface area contributed by atoms with E-state index in [0.717, 1.165) is 11.1 Å². The zero-order valence-electron chi connectivity index (χ0n) is 14.9. The normalized spacial score (nSPS) is 19.0. The highest BCUT2D eigenvalue weighted by Crippen LogP contribution is 2.40. The summed E-state index contributed by atoms with van der Waals surface area (Å²) in [5.41, 5.74) is 1.24. The number of methoxy groups -OCH3 is 1. The fraction of sp³-hybridized carbons (Fsp3) is 0.368. The molecule has 0 aromatic heterocycles. The number of aryl methyl sites for hydroxylation is 1. The smallest absolute Gasteiger partial charge is 0.244 e. The van der Waals surface area contributed by atoms with E-state index in [2.05, 4.69) is 4.72 Å². The van der Waals surface area contributed by atoms with Gasteiger partial charge in [-0.05, 0) is 44.5 Å². The Morgan fingerprint density at radius 3 is 2.64 bits per heavy atom. The molecule has 2 aromatic rings. The zero-order chi connectivity index (χ0) is 18.2. The summed E-state index contributed by atoms with van der Waals surface area (Å²) in [5.74, 6) is 1.04. The average Bonchev–Trinajstić information content (AvgIpc) is 2.53. The molecule has 0 saturated heterocycles. The quantitative estimate of drug-likeness (QED) is 0.904. The second kappa shape index (κ2) is 6.35. The highest BCUT2D eigenvalue weighted by Gasteiger charge is 2.36. The van der Waals surface area contributed by atoms with Crippen molar-refractivity contribution in [2.75, 3.05) is 7.11 Å². The van der Waals surface area contributed by atoms with Gasteiger partial charge in [-0.25, -0.2) is 13.1 Å². The van der Waals surface area contributed by atoms with E-state index in [9.17, 15) is 8.42 Å². The molecule has 0 amide bonds. The van der Waals surface area contributed by atoms with Gasteiger partial charge in [0.05, 0.1) is 13.2 Å². The number of rotatable bonds is 4. The predicted octanol–water partition coefficient (Wildman–Crippen LogP) is 3.58. The molecule has 25 heavy (non-hydrogen) atoms. The van der Waals surface area contributed by atoms with Crippen LogP contribution in [0, 0.1) is 6.92 Å². The van der Waals surface area contributed by atoms with Gasteiger partial charge in [0.25, 0.3) is 0 Å². The molecule has 0 saturated carbocycles. The van der Waals surface area contributed by atoms with Gasteiger partial charge in [-0.1, -0.05) is 24.3 Å². The Labute approximate surface area is 149 Å². The Balaban J connectivity index is 2.00. The lowest BCUT2D eigenvalue weighted by Crippen LogP contribution is -2.41. The van der Waals surface area contributed by atoms with Crippen LogP contribution < -0.4 is 14.2 Å². The first-order chi connectivity index (χ1) is 11.7. The molecule has 5 nitrogen and oxygen atoms in total. The van der Waals surface area contributed by atoms with Crippen LogP contribution in [0.5, 0.6) is 11.5 Å². The summed E-state index contributed by atoms with van der Waals surface area (Å²) >= 11 is 0. The van der Waals surface area contributed by atoms with Crippen molar-refractivity contribution in [3.05, 3.63) is 53.6 Å². The summed E-state index contributed by atoms with van der Waals surface area (Å²) in [6, 6.07) is 12.3. The molecule has 0 spiro atoms. The van der Waals surface area contributed by atoms with E-state index in [0.29, 0.717) is 17.9 Å². The Morgan fingerprint density at radius 1 is 1.20 bits per heavy atom. The second-order valence-corrected chi connectivity index (χ2v) is 8.61. The van der Waals surface area contributed by atoms with Crippen molar-refractivity contribution in [1.29, 1.82) is 0 Å². The van der Waals surface area contributed by atoms with E-state index < -0.39 is 15.6 Å². The molecular weight excluding hydrogens is 338 g/mol. The largest absolute Gasteiger partial charge is 0.495 e. The molecule has 1 N–H and O–H groups in total. The van der Waals surface area contributed by atoms with Crippen molar-refractivity contribution < 1.29 is 17.9 Å². The summed E-state index contributed by atoms with van der Waals surface area (Å²) in [4.78, 5) is 0.150. The molecule has 134 valence electrons. The third-order valence-electron chi connectivity index (χ3n) is 4.28. The molecule has 1 aliphatic heterocycles. The number of para-hydroxylation sites is 1. The molecule has 1 aliphatic rings. The summed E-state index contributed by atoms with van der Waals surface area (Å²) in [6.07, 6.45) is 0.539. The number of fused-ring (bicyclic) bond motifs is 1. The van der Waals surface area contributed by atoms with Crippen LogP contribution in [-0.2, 0) is 10.0 Å². The van der Waals surface area contributed by atoms with Crippen LogP contribution in [0.4, 0.5) is 0 Å². The number of benzene rings is 2. The van der Waals surface area contributed by atoms with Crippen molar-refractivity contribution >= 4 is 10.0 Å². The SMILES string of the molecule is COc1ccc(C)cc1S(=O)(=O)NC1CC(C)(C)Oc2ccccc21. The van der Waals surface area contributed by atoms with E-state index >= 15 is 0 Å². The number of sulfonamides is 1. The van der Waals surface area contributed by atoms with Gasteiger partial charge in [-0.3, -0.25) is 0 Å². The molecule has 0 fully saturated rings. The van der Waals surface area contributed by atoms with Crippen molar-refractivity contribution in [2.24, 2.45) is 0 Å². The second-order valence-electron chi connectivity index (χ2n) is 6.93. The summed E-state index contributed by atoms with van der Waals surface area (Å²) in [6.45, 7) is 5.76. The van der Waals surface area contributed by atoms with Gasteiger partial charge in [0.15, 0.2) is 0 Å². The lowest BCUT2D eigenvalue weighted by Gasteiger charge is -2.37. The van der Waals surface area contributed by atoms with Crippen molar-refractivity contribution in [3.8, 4) is 11.5 Å². The van der Waals surface area contributed by atoms with Gasteiger partial charge in [0.2, 0.25) is 10.0 Å². The topological polar surface area (TPSA) is 64.6 Å². The van der Waals surface area contributed by atoms with Gasteiger partial charge >= 0.3 is 0 Å². The van der Waals surface area contributed by atoms with Crippen LogP contribution in [0.1, 0.15) is 37.4 Å². The Bertz CT molecular complexity index is 890. The average molecular weight is 361 g/mol. The summed E-state index contributed by atoms with van der Waals surface area (Å²) < 4.78 is 40.1. The maximum Gasteiger partial charge on any atom is 0.244 e. The van der Waals surface area contributed by atoms with Crippen LogP contribution in [-0.4, -0.2) is 21.1 Å². The van der Waals surface area contributed by atoms with Crippen molar-refractivity contribution in [3.63, 3.8) is 0 Å². The van der Waals surface area contributed by atoms with E-state index in [1.807, 2.05) is 51.1 Å². The number of hydrogen-bond donors (Lipinski definition) is 1. The predicted molar refractivity (Wildman–Crippen MR) is 96.6 cm³/mol. The highest BCUT2D eigenvalue weighted by atomic mass is 32.2. The highest BCUT2D eigenvalue weighted by molar-refractivity contribution is 7.89. The lowest BCUT2D eigenvalue weighted by molar-refractivity contribution is 0.0702. The van der Waals surface area contributed by atoms with Gasteiger partial charge in [-0.15, -0.1) is 0 Å². The Morgan fingerprint density at radius 2 is 1.92 bits per heavy atom. The molecule has 0 radical (unpaired) electrons. The first-order valence-electron chi connectivity index (χ1n) is 8.17. The minimum Gasteiger partial charge on any atom is -0.495 e. The van der Waals surface area contributed by atoms with Crippen molar-refractivity contribution in [2.45, 2.75) is 43.7 Å². The monoisotopic (exact) mass is 361 g/mol. The molecule has 3 rings (SSSR count). The standard InChI is InChI=1S/C19H23NO4S/c1-13-9-10-17(23-4)18(11-13)25(21,22)20-15-12-19(2,3)24-16-8-6-5-7-14(15)16/h5-11,15,20H,12H2,1-4H3. The van der Waals surface area contributed by atoms with Gasteiger partial charge < -0.3 is 9.47 Å². The third kappa shape index (κ3) is 3.65.